The number of fused-ring (bicyclic) bond motifs is 1. The quantitative estimate of drug-likeness (QED) is 0.783. The number of nitrogens with zero attached hydrogens (tertiary/aromatic N) is 1. The lowest BCUT2D eigenvalue weighted by molar-refractivity contribution is 0.160. The largest absolute Gasteiger partial charge is 0.449 e. The third-order valence-corrected chi connectivity index (χ3v) is 3.92. The van der Waals surface area contributed by atoms with E-state index < -0.39 is 6.09 Å². The van der Waals surface area contributed by atoms with E-state index >= 15 is 0 Å². The molecule has 0 fully saturated rings. The fourth-order valence-electron chi connectivity index (χ4n) is 1.66. The van der Waals surface area contributed by atoms with Crippen molar-refractivity contribution in [3.63, 3.8) is 0 Å². The number of amides is 1. The van der Waals surface area contributed by atoms with Gasteiger partial charge in [-0.3, -0.25) is 5.32 Å². The van der Waals surface area contributed by atoms with Crippen LogP contribution in [0.15, 0.2) is 28.9 Å². The van der Waals surface area contributed by atoms with Crippen molar-refractivity contribution in [3.05, 3.63) is 33.9 Å². The number of carbonyl (C=O) groups is 1. The van der Waals surface area contributed by atoms with Gasteiger partial charge in [0.15, 0.2) is 0 Å². The van der Waals surface area contributed by atoms with Crippen LogP contribution in [0, 0.1) is 0 Å². The maximum Gasteiger partial charge on any atom is 0.412 e. The summed E-state index contributed by atoms with van der Waals surface area (Å²) in [5.41, 5.74) is 0. The van der Waals surface area contributed by atoms with E-state index in [1.165, 1.54) is 0 Å². The molecule has 106 valence electrons. The highest BCUT2D eigenvalue weighted by atomic mass is 79.9. The van der Waals surface area contributed by atoms with Crippen LogP contribution in [0.2, 0.25) is 5.02 Å². The molecule has 0 unspecified atom stereocenters. The highest BCUT2D eigenvalue weighted by Crippen LogP contribution is 2.28. The summed E-state index contributed by atoms with van der Waals surface area (Å²) in [6, 6.07) is 5.47. The summed E-state index contributed by atoms with van der Waals surface area (Å²) in [5, 5.41) is 5.07. The molecule has 6 heteroatoms. The first-order valence-corrected chi connectivity index (χ1v) is 7.46. The van der Waals surface area contributed by atoms with Crippen molar-refractivity contribution in [3.8, 4) is 0 Å². The number of nitrogens with one attached hydrogen (secondary N) is 1. The summed E-state index contributed by atoms with van der Waals surface area (Å²) < 4.78 is 5.82. The number of halogens is 2. The molecule has 0 saturated heterocycles. The van der Waals surface area contributed by atoms with Crippen molar-refractivity contribution in [1.82, 2.24) is 4.98 Å². The lowest BCUT2D eigenvalue weighted by Gasteiger charge is -2.07. The third-order valence-electron chi connectivity index (χ3n) is 2.72. The first kappa shape index (κ1) is 15.1. The smallest absolute Gasteiger partial charge is 0.412 e. The number of carbonyl (C=O) groups excluding carboxylic acids is 1. The number of pyridine rings is 1. The summed E-state index contributed by atoms with van der Waals surface area (Å²) in [6.45, 7) is 2.45. The second-order valence-electron chi connectivity index (χ2n) is 4.30. The summed E-state index contributed by atoms with van der Waals surface area (Å²) in [6.07, 6.45) is 3.01. The highest BCUT2D eigenvalue weighted by molar-refractivity contribution is 9.10. The number of rotatable bonds is 4. The van der Waals surface area contributed by atoms with Gasteiger partial charge in [0.2, 0.25) is 0 Å². The first-order valence-electron chi connectivity index (χ1n) is 6.28. The fraction of sp³-hybridized carbons (Fsp3) is 0.286. The molecule has 0 saturated carbocycles. The summed E-state index contributed by atoms with van der Waals surface area (Å²) in [4.78, 5) is 15.7. The van der Waals surface area contributed by atoms with Crippen LogP contribution in [0.5, 0.6) is 0 Å². The van der Waals surface area contributed by atoms with Crippen molar-refractivity contribution < 1.29 is 9.53 Å². The zero-order chi connectivity index (χ0) is 14.5. The van der Waals surface area contributed by atoms with Gasteiger partial charge in [-0.25, -0.2) is 9.78 Å². The van der Waals surface area contributed by atoms with Crippen LogP contribution in [0.3, 0.4) is 0 Å². The molecule has 0 bridgehead atoms. The zero-order valence-corrected chi connectivity index (χ0v) is 13.3. The molecule has 0 aliphatic rings. The molecule has 0 spiro atoms. The molecule has 0 radical (unpaired) electrons. The van der Waals surface area contributed by atoms with Gasteiger partial charge in [-0.15, -0.1) is 0 Å². The van der Waals surface area contributed by atoms with Crippen LogP contribution in [-0.4, -0.2) is 17.7 Å². The molecule has 0 aliphatic heterocycles. The Bertz CT molecular complexity index is 634. The van der Waals surface area contributed by atoms with Crippen molar-refractivity contribution >= 4 is 50.2 Å². The molecule has 1 amide bonds. The normalized spacial score (nSPS) is 10.6. The number of hydrogen-bond acceptors (Lipinski definition) is 3. The Hall–Kier alpha value is -1.33. The third kappa shape index (κ3) is 3.84. The first-order chi connectivity index (χ1) is 9.60. The van der Waals surface area contributed by atoms with Crippen LogP contribution in [-0.2, 0) is 4.74 Å². The van der Waals surface area contributed by atoms with E-state index in [4.69, 9.17) is 16.3 Å². The minimum atomic E-state index is -0.488. The van der Waals surface area contributed by atoms with E-state index in [1.54, 1.807) is 12.3 Å². The predicted octanol–water partition coefficient (Wildman–Crippen LogP) is 5.00. The Morgan fingerprint density at radius 2 is 2.20 bits per heavy atom. The molecule has 1 N–H and O–H groups in total. The summed E-state index contributed by atoms with van der Waals surface area (Å²) >= 11 is 9.39. The standard InChI is InChI=1S/C14H14BrClN2O2/c1-2-3-4-20-14(19)18-13-7-9-5-11(15)12(16)6-10(9)8-17-13/h5-8H,2-4H2,1H3,(H,17,18,19). The average Bonchev–Trinajstić information content (AvgIpc) is 2.41. The number of hydrogen-bond donors (Lipinski definition) is 1. The number of unbranched alkanes of at least 4 members (excludes halogenated alkanes) is 1. The molecular weight excluding hydrogens is 344 g/mol. The molecule has 2 rings (SSSR count). The van der Waals surface area contributed by atoms with Gasteiger partial charge >= 0.3 is 6.09 Å². The number of ether oxygens (including phenoxy) is 1. The molecule has 4 nitrogen and oxygen atoms in total. The van der Waals surface area contributed by atoms with E-state index in [-0.39, 0.29) is 0 Å². The fourth-order valence-corrected chi connectivity index (χ4v) is 2.19. The highest BCUT2D eigenvalue weighted by Gasteiger charge is 2.06. The van der Waals surface area contributed by atoms with Gasteiger partial charge < -0.3 is 4.74 Å². The van der Waals surface area contributed by atoms with Gasteiger partial charge in [-0.2, -0.15) is 0 Å². The van der Waals surface area contributed by atoms with Crippen LogP contribution in [0.4, 0.5) is 10.6 Å². The Morgan fingerprint density at radius 1 is 1.40 bits per heavy atom. The Balaban J connectivity index is 2.11. The van der Waals surface area contributed by atoms with Crippen LogP contribution in [0.1, 0.15) is 19.8 Å². The topological polar surface area (TPSA) is 51.2 Å². The predicted molar refractivity (Wildman–Crippen MR) is 84.3 cm³/mol. The molecule has 20 heavy (non-hydrogen) atoms. The molecule has 2 aromatic rings. The second kappa shape index (κ2) is 6.90. The molecule has 0 atom stereocenters. The average molecular weight is 358 g/mol. The van der Waals surface area contributed by atoms with Gasteiger partial charge in [0.25, 0.3) is 0 Å². The van der Waals surface area contributed by atoms with Crippen LogP contribution >= 0.6 is 27.5 Å². The monoisotopic (exact) mass is 356 g/mol. The van der Waals surface area contributed by atoms with E-state index in [0.29, 0.717) is 17.4 Å². The molecule has 0 aliphatic carbocycles. The molecular formula is C14H14BrClN2O2. The van der Waals surface area contributed by atoms with E-state index in [1.807, 2.05) is 19.1 Å². The molecule has 1 heterocycles. The minimum absolute atomic E-state index is 0.414. The van der Waals surface area contributed by atoms with Gasteiger partial charge in [-0.1, -0.05) is 24.9 Å². The van der Waals surface area contributed by atoms with Gasteiger partial charge in [0.05, 0.1) is 11.6 Å². The SMILES string of the molecule is CCCCOC(=O)Nc1cc2cc(Br)c(Cl)cc2cn1. The van der Waals surface area contributed by atoms with Gasteiger partial charge in [0, 0.05) is 16.1 Å². The lowest BCUT2D eigenvalue weighted by Crippen LogP contribution is -2.15. The summed E-state index contributed by atoms with van der Waals surface area (Å²) in [7, 11) is 0. The maximum absolute atomic E-state index is 11.5. The van der Waals surface area contributed by atoms with Gasteiger partial charge in [-0.05, 0) is 45.9 Å². The summed E-state index contributed by atoms with van der Waals surface area (Å²) in [5.74, 6) is 0.452. The molecule has 1 aromatic heterocycles. The van der Waals surface area contributed by atoms with Crippen molar-refractivity contribution in [2.75, 3.05) is 11.9 Å². The van der Waals surface area contributed by atoms with Crippen molar-refractivity contribution in [1.29, 1.82) is 0 Å². The number of benzene rings is 1. The molecule has 1 aromatic carbocycles. The second-order valence-corrected chi connectivity index (χ2v) is 5.56. The lowest BCUT2D eigenvalue weighted by atomic mass is 10.2. The van der Waals surface area contributed by atoms with E-state index in [0.717, 1.165) is 28.1 Å². The Kier molecular flexibility index (Phi) is 5.20. The Morgan fingerprint density at radius 3 is 2.95 bits per heavy atom. The Labute approximate surface area is 130 Å². The van der Waals surface area contributed by atoms with Crippen LogP contribution in [0.25, 0.3) is 10.8 Å². The zero-order valence-electron chi connectivity index (χ0n) is 11.0. The van der Waals surface area contributed by atoms with Crippen molar-refractivity contribution in [2.24, 2.45) is 0 Å². The van der Waals surface area contributed by atoms with Crippen molar-refractivity contribution in [2.45, 2.75) is 19.8 Å². The number of aromatic nitrogens is 1. The van der Waals surface area contributed by atoms with Crippen LogP contribution < -0.4 is 5.32 Å². The maximum atomic E-state index is 11.5. The van der Waals surface area contributed by atoms with E-state index in [2.05, 4.69) is 26.2 Å². The minimum Gasteiger partial charge on any atom is -0.449 e. The number of anilines is 1. The van der Waals surface area contributed by atoms with E-state index in [9.17, 15) is 4.79 Å². The van der Waals surface area contributed by atoms with Gasteiger partial charge in [0.1, 0.15) is 5.82 Å².